The summed E-state index contributed by atoms with van der Waals surface area (Å²) in [4.78, 5) is 1.13. The van der Waals surface area contributed by atoms with Crippen LogP contribution in [-0.4, -0.2) is 14.2 Å². The first-order valence-electron chi connectivity index (χ1n) is 5.63. The van der Waals surface area contributed by atoms with E-state index in [2.05, 4.69) is 21.4 Å². The second-order valence-corrected chi connectivity index (χ2v) is 6.35. The number of thiophene rings is 1. The fourth-order valence-corrected chi connectivity index (χ4v) is 3.37. The number of hydrazine groups is 1. The zero-order valence-corrected chi connectivity index (χ0v) is 13.0. The summed E-state index contributed by atoms with van der Waals surface area (Å²) in [6.07, 6.45) is 0. The van der Waals surface area contributed by atoms with Crippen LogP contribution in [0, 0.1) is 0 Å². The molecule has 2 rings (SSSR count). The Morgan fingerprint density at radius 1 is 1.16 bits per heavy atom. The molecule has 3 N–H and O–H groups in total. The van der Waals surface area contributed by atoms with Crippen LogP contribution in [-0.2, 0) is 0 Å². The number of nitrogens with two attached hydrogens (primary N) is 1. The van der Waals surface area contributed by atoms with E-state index in [1.807, 2.05) is 30.3 Å². The Hall–Kier alpha value is -1.08. The minimum atomic E-state index is -0.0730. The van der Waals surface area contributed by atoms with Crippen molar-refractivity contribution in [2.24, 2.45) is 5.84 Å². The van der Waals surface area contributed by atoms with Crippen molar-refractivity contribution in [1.82, 2.24) is 5.43 Å². The molecule has 102 valence electrons. The molecule has 0 radical (unpaired) electrons. The van der Waals surface area contributed by atoms with Crippen molar-refractivity contribution in [3.05, 3.63) is 44.6 Å². The Bertz CT molecular complexity index is 559. The lowest BCUT2D eigenvalue weighted by atomic mass is 10.1. The molecule has 6 heteroatoms. The predicted octanol–water partition coefficient (Wildman–Crippen LogP) is 3.08. The Labute approximate surface area is 124 Å². The molecule has 0 spiro atoms. The van der Waals surface area contributed by atoms with E-state index in [1.54, 1.807) is 25.6 Å². The lowest BCUT2D eigenvalue weighted by molar-refractivity contribution is 0.354. The molecule has 0 aliphatic carbocycles. The van der Waals surface area contributed by atoms with Crippen molar-refractivity contribution in [2.45, 2.75) is 6.04 Å². The van der Waals surface area contributed by atoms with Crippen molar-refractivity contribution in [3.8, 4) is 11.5 Å². The molecule has 0 aliphatic heterocycles. The summed E-state index contributed by atoms with van der Waals surface area (Å²) in [6.45, 7) is 0. The summed E-state index contributed by atoms with van der Waals surface area (Å²) < 4.78 is 11.6. The topological polar surface area (TPSA) is 56.5 Å². The van der Waals surface area contributed by atoms with Crippen molar-refractivity contribution in [1.29, 1.82) is 0 Å². The molecule has 0 amide bonds. The molecule has 19 heavy (non-hydrogen) atoms. The van der Waals surface area contributed by atoms with E-state index in [0.29, 0.717) is 11.5 Å². The Morgan fingerprint density at radius 2 is 1.89 bits per heavy atom. The van der Waals surface area contributed by atoms with Gasteiger partial charge in [0.25, 0.3) is 0 Å². The molecule has 1 atom stereocenters. The van der Waals surface area contributed by atoms with Gasteiger partial charge in [-0.15, -0.1) is 11.3 Å². The first-order chi connectivity index (χ1) is 9.19. The third-order valence-corrected chi connectivity index (χ3v) is 4.47. The summed E-state index contributed by atoms with van der Waals surface area (Å²) in [5.41, 5.74) is 3.85. The molecule has 4 nitrogen and oxygen atoms in total. The van der Waals surface area contributed by atoms with Crippen molar-refractivity contribution in [3.63, 3.8) is 0 Å². The average Bonchev–Trinajstić information content (AvgIpc) is 2.86. The summed E-state index contributed by atoms with van der Waals surface area (Å²) in [6, 6.07) is 9.75. The maximum Gasteiger partial charge on any atom is 0.161 e. The van der Waals surface area contributed by atoms with Crippen LogP contribution in [0.1, 0.15) is 16.5 Å². The SMILES string of the molecule is COc1ccc(C(NN)c2ccc(Br)s2)cc1OC. The fourth-order valence-electron chi connectivity index (χ4n) is 1.86. The smallest absolute Gasteiger partial charge is 0.161 e. The third-order valence-electron chi connectivity index (χ3n) is 2.79. The van der Waals surface area contributed by atoms with Gasteiger partial charge in [-0.25, -0.2) is 5.43 Å². The van der Waals surface area contributed by atoms with Crippen LogP contribution in [0.25, 0.3) is 0 Å². The second kappa shape index (κ2) is 6.38. The molecule has 0 saturated heterocycles. The Kier molecular flexibility index (Phi) is 4.81. The molecular formula is C13H15BrN2O2S. The van der Waals surface area contributed by atoms with Gasteiger partial charge in [0.1, 0.15) is 0 Å². The number of methoxy groups -OCH3 is 2. The van der Waals surface area contributed by atoms with Gasteiger partial charge >= 0.3 is 0 Å². The van der Waals surface area contributed by atoms with Gasteiger partial charge in [0.2, 0.25) is 0 Å². The van der Waals surface area contributed by atoms with Crippen LogP contribution in [0.2, 0.25) is 0 Å². The maximum atomic E-state index is 5.68. The second-order valence-electron chi connectivity index (χ2n) is 3.86. The van der Waals surface area contributed by atoms with E-state index >= 15 is 0 Å². The molecule has 1 unspecified atom stereocenters. The summed E-state index contributed by atoms with van der Waals surface area (Å²) in [5, 5.41) is 0. The molecule has 0 fully saturated rings. The molecule has 0 bridgehead atoms. The number of ether oxygens (including phenoxy) is 2. The molecular weight excluding hydrogens is 328 g/mol. The monoisotopic (exact) mass is 342 g/mol. The van der Waals surface area contributed by atoms with E-state index in [0.717, 1.165) is 14.2 Å². The van der Waals surface area contributed by atoms with Gasteiger partial charge in [0, 0.05) is 4.88 Å². The predicted molar refractivity (Wildman–Crippen MR) is 80.7 cm³/mol. The first kappa shape index (κ1) is 14.3. The van der Waals surface area contributed by atoms with Crippen LogP contribution in [0.15, 0.2) is 34.1 Å². The molecule has 1 heterocycles. The zero-order chi connectivity index (χ0) is 13.8. The minimum Gasteiger partial charge on any atom is -0.493 e. The van der Waals surface area contributed by atoms with Gasteiger partial charge in [0.15, 0.2) is 11.5 Å². The van der Waals surface area contributed by atoms with Crippen molar-refractivity contribution >= 4 is 27.3 Å². The maximum absolute atomic E-state index is 5.68. The Balaban J connectivity index is 2.38. The average molecular weight is 343 g/mol. The van der Waals surface area contributed by atoms with Gasteiger partial charge in [-0.2, -0.15) is 0 Å². The highest BCUT2D eigenvalue weighted by Crippen LogP contribution is 2.35. The number of halogens is 1. The molecule has 1 aromatic heterocycles. The van der Waals surface area contributed by atoms with Gasteiger partial charge in [-0.3, -0.25) is 5.84 Å². The van der Waals surface area contributed by atoms with Crippen molar-refractivity contribution < 1.29 is 9.47 Å². The van der Waals surface area contributed by atoms with Gasteiger partial charge < -0.3 is 9.47 Å². The van der Waals surface area contributed by atoms with Gasteiger partial charge in [0.05, 0.1) is 24.0 Å². The summed E-state index contributed by atoms with van der Waals surface area (Å²) in [7, 11) is 3.24. The summed E-state index contributed by atoms with van der Waals surface area (Å²) >= 11 is 5.10. The minimum absolute atomic E-state index is 0.0730. The highest BCUT2D eigenvalue weighted by molar-refractivity contribution is 9.11. The normalized spacial score (nSPS) is 12.2. The van der Waals surface area contributed by atoms with E-state index in [1.165, 1.54) is 0 Å². The van der Waals surface area contributed by atoms with Crippen LogP contribution < -0.4 is 20.7 Å². The third kappa shape index (κ3) is 3.09. The quantitative estimate of drug-likeness (QED) is 0.647. The van der Waals surface area contributed by atoms with E-state index in [4.69, 9.17) is 15.3 Å². The van der Waals surface area contributed by atoms with Crippen LogP contribution >= 0.6 is 27.3 Å². The number of benzene rings is 1. The molecule has 0 aliphatic rings. The number of hydrogen-bond donors (Lipinski definition) is 2. The van der Waals surface area contributed by atoms with Gasteiger partial charge in [-0.1, -0.05) is 6.07 Å². The highest BCUT2D eigenvalue weighted by Gasteiger charge is 2.16. The molecule has 0 saturated carbocycles. The number of nitrogens with one attached hydrogen (secondary N) is 1. The molecule has 2 aromatic rings. The first-order valence-corrected chi connectivity index (χ1v) is 7.23. The highest BCUT2D eigenvalue weighted by atomic mass is 79.9. The van der Waals surface area contributed by atoms with Crippen LogP contribution in [0.3, 0.4) is 0 Å². The van der Waals surface area contributed by atoms with E-state index in [-0.39, 0.29) is 6.04 Å². The van der Waals surface area contributed by atoms with Gasteiger partial charge in [-0.05, 0) is 45.8 Å². The Morgan fingerprint density at radius 3 is 2.42 bits per heavy atom. The number of hydrogen-bond acceptors (Lipinski definition) is 5. The van der Waals surface area contributed by atoms with Crippen molar-refractivity contribution in [2.75, 3.05) is 14.2 Å². The number of rotatable bonds is 5. The van der Waals surface area contributed by atoms with E-state index < -0.39 is 0 Å². The molecule has 1 aromatic carbocycles. The summed E-state index contributed by atoms with van der Waals surface area (Å²) in [5.74, 6) is 7.07. The standard InChI is InChI=1S/C13H15BrN2O2S/c1-17-9-4-3-8(7-10(9)18-2)13(16-15)11-5-6-12(14)19-11/h3-7,13,16H,15H2,1-2H3. The largest absolute Gasteiger partial charge is 0.493 e. The lowest BCUT2D eigenvalue weighted by Crippen LogP contribution is -2.28. The lowest BCUT2D eigenvalue weighted by Gasteiger charge is -2.17. The zero-order valence-electron chi connectivity index (χ0n) is 10.6. The van der Waals surface area contributed by atoms with Crippen LogP contribution in [0.4, 0.5) is 0 Å². The fraction of sp³-hybridized carbons (Fsp3) is 0.231. The van der Waals surface area contributed by atoms with E-state index in [9.17, 15) is 0 Å². The van der Waals surface area contributed by atoms with Crippen LogP contribution in [0.5, 0.6) is 11.5 Å².